The van der Waals surface area contributed by atoms with Crippen LogP contribution in [-0.4, -0.2) is 25.9 Å². The van der Waals surface area contributed by atoms with Crippen LogP contribution in [0.15, 0.2) is 18.3 Å². The lowest BCUT2D eigenvalue weighted by molar-refractivity contribution is 0.822. The van der Waals surface area contributed by atoms with E-state index in [0.717, 1.165) is 0 Å². The topological polar surface area (TPSA) is 93.0 Å². The van der Waals surface area contributed by atoms with Gasteiger partial charge in [0.25, 0.3) is 0 Å². The summed E-state index contributed by atoms with van der Waals surface area (Å²) in [5.41, 5.74) is 6.52. The van der Waals surface area contributed by atoms with Gasteiger partial charge in [0.15, 0.2) is 5.65 Å². The van der Waals surface area contributed by atoms with Crippen molar-refractivity contribution in [3.8, 4) is 0 Å². The Morgan fingerprint density at radius 2 is 2.33 bits per heavy atom. The molecule has 6 heteroatoms. The van der Waals surface area contributed by atoms with Crippen LogP contribution >= 0.6 is 0 Å². The van der Waals surface area contributed by atoms with Gasteiger partial charge in [-0.05, 0) is 22.6 Å². The first kappa shape index (κ1) is 6.71. The zero-order chi connectivity index (χ0) is 8.55. The highest BCUT2D eigenvalue weighted by Gasteiger charge is 1.99. The monoisotopic (exact) mass is 162 g/mol. The van der Waals surface area contributed by atoms with Crippen molar-refractivity contribution in [3.05, 3.63) is 23.9 Å². The van der Waals surface area contributed by atoms with Gasteiger partial charge in [0.1, 0.15) is 5.84 Å². The number of nitrogens with one attached hydrogen (secondary N) is 1. The molecule has 0 radical (unpaired) electrons. The van der Waals surface area contributed by atoms with Gasteiger partial charge < -0.3 is 5.73 Å². The molecule has 0 aromatic carbocycles. The Morgan fingerprint density at radius 3 is 3.08 bits per heavy atom. The van der Waals surface area contributed by atoms with E-state index in [1.807, 2.05) is 0 Å². The van der Waals surface area contributed by atoms with Gasteiger partial charge in [0, 0.05) is 11.8 Å². The molecule has 2 aromatic rings. The van der Waals surface area contributed by atoms with Crippen molar-refractivity contribution < 1.29 is 0 Å². The fraction of sp³-hybridized carbons (Fsp3) is 0. The van der Waals surface area contributed by atoms with E-state index in [1.54, 1.807) is 18.3 Å². The van der Waals surface area contributed by atoms with Crippen LogP contribution in [-0.2, 0) is 0 Å². The molecule has 2 rings (SSSR count). The van der Waals surface area contributed by atoms with Gasteiger partial charge in [0.2, 0.25) is 0 Å². The SMILES string of the molecule is N=C(N)c1ccc2nnnn2c1. The molecule has 0 amide bonds. The Hall–Kier alpha value is -1.98. The van der Waals surface area contributed by atoms with Crippen molar-refractivity contribution in [2.75, 3.05) is 0 Å². The van der Waals surface area contributed by atoms with Gasteiger partial charge in [-0.25, -0.2) is 0 Å². The molecule has 6 nitrogen and oxygen atoms in total. The maximum atomic E-state index is 7.16. The van der Waals surface area contributed by atoms with Gasteiger partial charge in [-0.3, -0.25) is 5.41 Å². The number of amidine groups is 1. The third-order valence-corrected chi connectivity index (χ3v) is 1.50. The third-order valence-electron chi connectivity index (χ3n) is 1.50. The predicted molar refractivity (Wildman–Crippen MR) is 41.8 cm³/mol. The fourth-order valence-corrected chi connectivity index (χ4v) is 0.901. The van der Waals surface area contributed by atoms with Crippen LogP contribution in [0.4, 0.5) is 0 Å². The van der Waals surface area contributed by atoms with Crippen molar-refractivity contribution in [2.24, 2.45) is 5.73 Å². The summed E-state index contributed by atoms with van der Waals surface area (Å²) in [6.45, 7) is 0. The van der Waals surface area contributed by atoms with Crippen LogP contribution in [0.2, 0.25) is 0 Å². The molecule has 0 aliphatic carbocycles. The number of tetrazole rings is 1. The summed E-state index contributed by atoms with van der Waals surface area (Å²) in [7, 11) is 0. The molecule has 0 unspecified atom stereocenters. The Kier molecular flexibility index (Phi) is 1.26. The average Bonchev–Trinajstić information content (AvgIpc) is 2.49. The number of nitrogen functional groups attached to an aromatic ring is 1. The van der Waals surface area contributed by atoms with E-state index in [0.29, 0.717) is 11.2 Å². The summed E-state index contributed by atoms with van der Waals surface area (Å²) < 4.78 is 1.47. The Labute approximate surface area is 67.5 Å². The molecule has 0 aliphatic rings. The molecule has 60 valence electrons. The minimum Gasteiger partial charge on any atom is -0.384 e. The molecule has 0 fully saturated rings. The van der Waals surface area contributed by atoms with E-state index in [1.165, 1.54) is 4.52 Å². The molecule has 2 aromatic heterocycles. The fourth-order valence-electron chi connectivity index (χ4n) is 0.901. The number of aromatic nitrogens is 4. The Bertz CT molecular complexity index is 430. The van der Waals surface area contributed by atoms with E-state index >= 15 is 0 Å². The first-order valence-corrected chi connectivity index (χ1v) is 3.29. The quantitative estimate of drug-likeness (QED) is 0.433. The van der Waals surface area contributed by atoms with E-state index in [-0.39, 0.29) is 5.84 Å². The van der Waals surface area contributed by atoms with E-state index in [4.69, 9.17) is 11.1 Å². The lowest BCUT2D eigenvalue weighted by Gasteiger charge is -1.96. The summed E-state index contributed by atoms with van der Waals surface area (Å²) in [5, 5.41) is 18.0. The molecule has 0 bridgehead atoms. The molecule has 12 heavy (non-hydrogen) atoms. The second-order valence-corrected chi connectivity index (χ2v) is 2.31. The zero-order valence-electron chi connectivity index (χ0n) is 6.10. The highest BCUT2D eigenvalue weighted by molar-refractivity contribution is 5.94. The Morgan fingerprint density at radius 1 is 1.50 bits per heavy atom. The summed E-state index contributed by atoms with van der Waals surface area (Å²) in [4.78, 5) is 0. The van der Waals surface area contributed by atoms with Gasteiger partial charge in [-0.2, -0.15) is 4.52 Å². The third kappa shape index (κ3) is 0.895. The van der Waals surface area contributed by atoms with E-state index in [9.17, 15) is 0 Å². The van der Waals surface area contributed by atoms with Crippen LogP contribution in [0, 0.1) is 5.41 Å². The first-order valence-electron chi connectivity index (χ1n) is 3.29. The second-order valence-electron chi connectivity index (χ2n) is 2.31. The van der Waals surface area contributed by atoms with Gasteiger partial charge in [-0.15, -0.1) is 5.10 Å². The minimum atomic E-state index is 0.00685. The summed E-state index contributed by atoms with van der Waals surface area (Å²) in [6, 6.07) is 3.41. The summed E-state index contributed by atoms with van der Waals surface area (Å²) in [6.07, 6.45) is 1.61. The van der Waals surface area contributed by atoms with Crippen molar-refractivity contribution >= 4 is 11.5 Å². The molecule has 0 aliphatic heterocycles. The second kappa shape index (κ2) is 2.26. The lowest BCUT2D eigenvalue weighted by atomic mass is 10.3. The minimum absolute atomic E-state index is 0.00685. The van der Waals surface area contributed by atoms with Gasteiger partial charge in [0.05, 0.1) is 0 Å². The van der Waals surface area contributed by atoms with Crippen LogP contribution in [0.3, 0.4) is 0 Å². The molecule has 0 atom stereocenters. The van der Waals surface area contributed by atoms with Crippen molar-refractivity contribution in [3.63, 3.8) is 0 Å². The average molecular weight is 162 g/mol. The number of hydrogen-bond acceptors (Lipinski definition) is 4. The van der Waals surface area contributed by atoms with Crippen molar-refractivity contribution in [2.45, 2.75) is 0 Å². The number of nitrogens with zero attached hydrogens (tertiary/aromatic N) is 4. The van der Waals surface area contributed by atoms with Gasteiger partial charge in [-0.1, -0.05) is 0 Å². The molecular weight excluding hydrogens is 156 g/mol. The van der Waals surface area contributed by atoms with Gasteiger partial charge >= 0.3 is 0 Å². The first-order chi connectivity index (χ1) is 5.77. The zero-order valence-corrected chi connectivity index (χ0v) is 6.10. The number of hydrogen-bond donors (Lipinski definition) is 2. The predicted octanol–water partition coefficient (Wildman–Crippen LogP) is -0.592. The number of nitrogens with two attached hydrogens (primary N) is 1. The van der Waals surface area contributed by atoms with Crippen LogP contribution in [0.25, 0.3) is 5.65 Å². The maximum Gasteiger partial charge on any atom is 0.179 e. The normalized spacial score (nSPS) is 10.3. The molecule has 2 heterocycles. The summed E-state index contributed by atoms with van der Waals surface area (Å²) in [5.74, 6) is 0.00685. The number of pyridine rings is 1. The molecule has 0 saturated carbocycles. The lowest BCUT2D eigenvalue weighted by Crippen LogP contribution is -2.11. The molecule has 3 N–H and O–H groups in total. The standard InChI is InChI=1S/C6H6N6/c7-6(8)4-1-2-5-9-10-11-12(5)3-4/h1-3H,(H3,7,8). The largest absolute Gasteiger partial charge is 0.384 e. The number of rotatable bonds is 1. The maximum absolute atomic E-state index is 7.16. The number of fused-ring (bicyclic) bond motifs is 1. The van der Waals surface area contributed by atoms with Crippen molar-refractivity contribution in [1.82, 2.24) is 20.0 Å². The molecule has 0 spiro atoms. The van der Waals surface area contributed by atoms with E-state index in [2.05, 4.69) is 15.5 Å². The molecular formula is C6H6N6. The van der Waals surface area contributed by atoms with Crippen molar-refractivity contribution in [1.29, 1.82) is 5.41 Å². The Balaban J connectivity index is 2.68. The van der Waals surface area contributed by atoms with Crippen LogP contribution in [0.1, 0.15) is 5.56 Å². The van der Waals surface area contributed by atoms with Crippen LogP contribution in [0.5, 0.6) is 0 Å². The van der Waals surface area contributed by atoms with Crippen LogP contribution < -0.4 is 5.73 Å². The highest BCUT2D eigenvalue weighted by atomic mass is 15.5. The van der Waals surface area contributed by atoms with E-state index < -0.39 is 0 Å². The summed E-state index contributed by atoms with van der Waals surface area (Å²) >= 11 is 0. The smallest absolute Gasteiger partial charge is 0.179 e. The highest BCUT2D eigenvalue weighted by Crippen LogP contribution is 2.00. The molecule has 0 saturated heterocycles.